The van der Waals surface area contributed by atoms with Crippen molar-refractivity contribution in [2.75, 3.05) is 0 Å². The molecular formula is C15H11BrCl2O. The average molecular weight is 358 g/mol. The third kappa shape index (κ3) is 3.19. The molecule has 0 unspecified atom stereocenters. The highest BCUT2D eigenvalue weighted by molar-refractivity contribution is 9.10. The normalized spacial score (nSPS) is 10.5. The van der Waals surface area contributed by atoms with Crippen LogP contribution >= 0.6 is 39.1 Å². The fraction of sp³-hybridized carbons (Fsp3) is 0.133. The van der Waals surface area contributed by atoms with Crippen LogP contribution in [0.25, 0.3) is 0 Å². The minimum absolute atomic E-state index is 0.0305. The summed E-state index contributed by atoms with van der Waals surface area (Å²) in [4.78, 5) is 12.3. The summed E-state index contributed by atoms with van der Waals surface area (Å²) in [6, 6.07) is 10.9. The maximum absolute atomic E-state index is 12.3. The fourth-order valence-electron chi connectivity index (χ4n) is 1.86. The van der Waals surface area contributed by atoms with Gasteiger partial charge in [0.2, 0.25) is 0 Å². The number of ketones is 1. The van der Waals surface area contributed by atoms with Gasteiger partial charge < -0.3 is 0 Å². The smallest absolute Gasteiger partial charge is 0.167 e. The molecule has 0 radical (unpaired) electrons. The monoisotopic (exact) mass is 356 g/mol. The maximum Gasteiger partial charge on any atom is 0.167 e. The van der Waals surface area contributed by atoms with Gasteiger partial charge in [-0.1, -0.05) is 63.4 Å². The summed E-state index contributed by atoms with van der Waals surface area (Å²) in [6.45, 7) is 1.91. The predicted octanol–water partition coefficient (Wildman–Crippen LogP) is 5.49. The highest BCUT2D eigenvalue weighted by Crippen LogP contribution is 2.27. The second-order valence-corrected chi connectivity index (χ2v) is 5.86. The van der Waals surface area contributed by atoms with E-state index in [1.807, 2.05) is 31.2 Å². The van der Waals surface area contributed by atoms with Gasteiger partial charge in [0.15, 0.2) is 5.78 Å². The summed E-state index contributed by atoms with van der Waals surface area (Å²) >= 11 is 15.5. The largest absolute Gasteiger partial charge is 0.294 e. The zero-order chi connectivity index (χ0) is 14.0. The molecule has 2 aromatic rings. The predicted molar refractivity (Wildman–Crippen MR) is 83.4 cm³/mol. The van der Waals surface area contributed by atoms with Gasteiger partial charge in [0.1, 0.15) is 0 Å². The van der Waals surface area contributed by atoms with E-state index < -0.39 is 0 Å². The van der Waals surface area contributed by atoms with Crippen LogP contribution in [0.2, 0.25) is 10.0 Å². The highest BCUT2D eigenvalue weighted by Gasteiger charge is 2.14. The summed E-state index contributed by atoms with van der Waals surface area (Å²) in [5.41, 5.74) is 2.38. The summed E-state index contributed by atoms with van der Waals surface area (Å²) in [7, 11) is 0. The minimum Gasteiger partial charge on any atom is -0.294 e. The first kappa shape index (κ1) is 14.6. The number of hydrogen-bond acceptors (Lipinski definition) is 1. The molecule has 1 nitrogen and oxygen atoms in total. The molecule has 19 heavy (non-hydrogen) atoms. The van der Waals surface area contributed by atoms with Gasteiger partial charge in [-0.25, -0.2) is 0 Å². The number of halogens is 3. The lowest BCUT2D eigenvalue weighted by Crippen LogP contribution is -2.06. The molecule has 0 bridgehead atoms. The molecule has 0 atom stereocenters. The second-order valence-electron chi connectivity index (χ2n) is 4.23. The van der Waals surface area contributed by atoms with Gasteiger partial charge >= 0.3 is 0 Å². The Balaban J connectivity index is 2.31. The summed E-state index contributed by atoms with van der Waals surface area (Å²) in [5.74, 6) is 0.0305. The third-order valence-corrected chi connectivity index (χ3v) is 4.67. The number of hydrogen-bond donors (Lipinski definition) is 0. The van der Waals surface area contributed by atoms with E-state index in [0.717, 1.165) is 15.6 Å². The molecule has 0 spiro atoms. The molecule has 0 aliphatic rings. The molecule has 0 saturated heterocycles. The number of Topliss-reactive ketones (excluding diaryl/α,β-unsaturated/α-hetero) is 1. The summed E-state index contributed by atoms with van der Waals surface area (Å²) in [6.07, 6.45) is 0.247. The van der Waals surface area contributed by atoms with Gasteiger partial charge in [-0.3, -0.25) is 4.79 Å². The first-order valence-electron chi connectivity index (χ1n) is 5.72. The van der Waals surface area contributed by atoms with Crippen LogP contribution in [0, 0.1) is 6.92 Å². The Bertz CT molecular complexity index is 638. The summed E-state index contributed by atoms with van der Waals surface area (Å²) < 4.78 is 0.926. The number of carbonyl (C=O) groups is 1. The van der Waals surface area contributed by atoms with Crippen LogP contribution < -0.4 is 0 Å². The van der Waals surface area contributed by atoms with Crippen molar-refractivity contribution in [3.63, 3.8) is 0 Å². The van der Waals surface area contributed by atoms with E-state index in [2.05, 4.69) is 15.9 Å². The van der Waals surface area contributed by atoms with Gasteiger partial charge in [0.05, 0.1) is 10.0 Å². The fourth-order valence-corrected chi connectivity index (χ4v) is 2.62. The van der Waals surface area contributed by atoms with Crippen molar-refractivity contribution in [2.45, 2.75) is 13.3 Å². The average Bonchev–Trinajstić information content (AvgIpc) is 2.38. The van der Waals surface area contributed by atoms with Gasteiger partial charge in [-0.15, -0.1) is 0 Å². The number of carbonyl (C=O) groups excluding carboxylic acids is 1. The maximum atomic E-state index is 12.3. The van der Waals surface area contributed by atoms with Crippen LogP contribution in [0.5, 0.6) is 0 Å². The zero-order valence-corrected chi connectivity index (χ0v) is 13.3. The first-order chi connectivity index (χ1) is 9.00. The van der Waals surface area contributed by atoms with Crippen LogP contribution in [-0.4, -0.2) is 5.78 Å². The van der Waals surface area contributed by atoms with Gasteiger partial charge in [-0.2, -0.15) is 0 Å². The Morgan fingerprint density at radius 3 is 2.58 bits per heavy atom. The molecule has 0 aliphatic carbocycles. The molecular weight excluding hydrogens is 347 g/mol. The highest BCUT2D eigenvalue weighted by atomic mass is 79.9. The van der Waals surface area contributed by atoms with E-state index in [1.54, 1.807) is 12.1 Å². The lowest BCUT2D eigenvalue weighted by Gasteiger charge is -2.08. The lowest BCUT2D eigenvalue weighted by atomic mass is 9.99. The number of rotatable bonds is 3. The van der Waals surface area contributed by atoms with Crippen molar-refractivity contribution in [1.29, 1.82) is 0 Å². The van der Waals surface area contributed by atoms with Gasteiger partial charge in [-0.05, 0) is 30.2 Å². The molecule has 2 rings (SSSR count). The van der Waals surface area contributed by atoms with Crippen LogP contribution in [0.1, 0.15) is 21.5 Å². The Hall–Kier alpha value is -0.830. The van der Waals surface area contributed by atoms with Crippen LogP contribution in [0.4, 0.5) is 0 Å². The van der Waals surface area contributed by atoms with Crippen LogP contribution in [0.15, 0.2) is 40.9 Å². The Kier molecular flexibility index (Phi) is 4.67. The van der Waals surface area contributed by atoms with Crippen molar-refractivity contribution in [3.8, 4) is 0 Å². The second kappa shape index (κ2) is 6.08. The molecule has 2 aromatic carbocycles. The molecule has 0 aromatic heterocycles. The SMILES string of the molecule is Cc1c(Br)cccc1C(=O)Cc1cccc(Cl)c1Cl. The van der Waals surface area contributed by atoms with Crippen molar-refractivity contribution in [3.05, 3.63) is 67.6 Å². The molecule has 0 N–H and O–H groups in total. The Morgan fingerprint density at radius 1 is 1.16 bits per heavy atom. The molecule has 98 valence electrons. The van der Waals surface area contributed by atoms with E-state index in [1.165, 1.54) is 0 Å². The molecule has 0 heterocycles. The molecule has 0 aliphatic heterocycles. The zero-order valence-electron chi connectivity index (χ0n) is 10.2. The molecule has 0 saturated carbocycles. The van der Waals surface area contributed by atoms with Crippen molar-refractivity contribution < 1.29 is 4.79 Å². The van der Waals surface area contributed by atoms with E-state index >= 15 is 0 Å². The van der Waals surface area contributed by atoms with Crippen molar-refractivity contribution in [2.24, 2.45) is 0 Å². The molecule has 0 amide bonds. The van der Waals surface area contributed by atoms with E-state index in [-0.39, 0.29) is 12.2 Å². The van der Waals surface area contributed by atoms with E-state index in [0.29, 0.717) is 15.6 Å². The third-order valence-electron chi connectivity index (χ3n) is 2.95. The lowest BCUT2D eigenvalue weighted by molar-refractivity contribution is 0.0992. The first-order valence-corrected chi connectivity index (χ1v) is 7.27. The van der Waals surface area contributed by atoms with Gasteiger partial charge in [0.25, 0.3) is 0 Å². The summed E-state index contributed by atoms with van der Waals surface area (Å²) in [5, 5.41) is 0.920. The van der Waals surface area contributed by atoms with Crippen molar-refractivity contribution in [1.82, 2.24) is 0 Å². The topological polar surface area (TPSA) is 17.1 Å². The molecule has 4 heteroatoms. The van der Waals surface area contributed by atoms with Crippen molar-refractivity contribution >= 4 is 44.9 Å². The van der Waals surface area contributed by atoms with Crippen LogP contribution in [0.3, 0.4) is 0 Å². The molecule has 0 fully saturated rings. The number of benzene rings is 2. The standard InChI is InChI=1S/C15H11BrCl2O/c1-9-11(5-3-6-12(9)16)14(19)8-10-4-2-7-13(17)15(10)18/h2-7H,8H2,1H3. The van der Waals surface area contributed by atoms with E-state index in [4.69, 9.17) is 23.2 Å². The van der Waals surface area contributed by atoms with E-state index in [9.17, 15) is 4.79 Å². The van der Waals surface area contributed by atoms with Gasteiger partial charge in [0, 0.05) is 16.5 Å². The van der Waals surface area contributed by atoms with Crippen LogP contribution in [-0.2, 0) is 6.42 Å². The minimum atomic E-state index is 0.0305. The quantitative estimate of drug-likeness (QED) is 0.664. The Labute approximate surface area is 130 Å². The Morgan fingerprint density at radius 2 is 1.84 bits per heavy atom.